The van der Waals surface area contributed by atoms with Crippen molar-refractivity contribution in [2.24, 2.45) is 5.92 Å². The zero-order valence-electron chi connectivity index (χ0n) is 14.8. The lowest BCUT2D eigenvalue weighted by atomic mass is 9.95. The van der Waals surface area contributed by atoms with Crippen molar-refractivity contribution in [3.63, 3.8) is 0 Å². The highest BCUT2D eigenvalue weighted by molar-refractivity contribution is 5.84. The molecule has 7 heteroatoms. The Kier molecular flexibility index (Phi) is 5.08. The molecule has 0 unspecified atom stereocenters. The molecule has 0 aromatic rings. The van der Waals surface area contributed by atoms with Crippen molar-refractivity contribution in [3.05, 3.63) is 0 Å². The molecular formula is C18H28N2O5. The molecule has 0 radical (unpaired) electrons. The molecule has 4 aliphatic rings. The van der Waals surface area contributed by atoms with Gasteiger partial charge in [-0.15, -0.1) is 0 Å². The molecule has 1 saturated carbocycles. The fourth-order valence-corrected chi connectivity index (χ4v) is 4.63. The maximum absolute atomic E-state index is 12.8. The van der Waals surface area contributed by atoms with Crippen molar-refractivity contribution < 1.29 is 23.8 Å². The van der Waals surface area contributed by atoms with Gasteiger partial charge in [-0.05, 0) is 12.8 Å². The van der Waals surface area contributed by atoms with Gasteiger partial charge in [-0.25, -0.2) is 0 Å². The summed E-state index contributed by atoms with van der Waals surface area (Å²) in [6.45, 7) is 4.96. The summed E-state index contributed by atoms with van der Waals surface area (Å²) in [5, 5.41) is 0. The zero-order valence-corrected chi connectivity index (χ0v) is 14.8. The molecule has 0 aromatic carbocycles. The molecule has 25 heavy (non-hydrogen) atoms. The summed E-state index contributed by atoms with van der Waals surface area (Å²) >= 11 is 0. The number of nitrogens with zero attached hydrogens (tertiary/aromatic N) is 2. The Morgan fingerprint density at radius 2 is 1.88 bits per heavy atom. The second-order valence-electron chi connectivity index (χ2n) is 7.57. The molecule has 1 spiro atoms. The van der Waals surface area contributed by atoms with Crippen LogP contribution in [0.4, 0.5) is 0 Å². The largest absolute Gasteiger partial charge is 0.378 e. The molecule has 3 heterocycles. The molecule has 0 aromatic heterocycles. The predicted molar refractivity (Wildman–Crippen MR) is 89.0 cm³/mol. The standard InChI is InChI=1S/C18H28N2O5/c21-16-3-1-2-14(16)15-13-23-9-8-20(15)12-17(22)19-6-4-18(5-7-19)24-10-11-25-18/h14-15H,1-13H2/t14-,15+/m1/s1. The van der Waals surface area contributed by atoms with Crippen molar-refractivity contribution in [2.75, 3.05) is 52.6 Å². The van der Waals surface area contributed by atoms with Crippen LogP contribution in [0.5, 0.6) is 0 Å². The highest BCUT2D eigenvalue weighted by atomic mass is 16.7. The fraction of sp³-hybridized carbons (Fsp3) is 0.889. The van der Waals surface area contributed by atoms with Crippen LogP contribution >= 0.6 is 0 Å². The van der Waals surface area contributed by atoms with Gasteiger partial charge in [0.05, 0.1) is 33.0 Å². The van der Waals surface area contributed by atoms with E-state index in [1.807, 2.05) is 4.90 Å². The van der Waals surface area contributed by atoms with Crippen molar-refractivity contribution in [1.29, 1.82) is 0 Å². The van der Waals surface area contributed by atoms with Crippen LogP contribution in [0.3, 0.4) is 0 Å². The SMILES string of the molecule is O=C1CCC[C@@H]1[C@@H]1COCCN1CC(=O)N1CCC2(CC1)OCCO2. The van der Waals surface area contributed by atoms with Crippen molar-refractivity contribution >= 4 is 11.7 Å². The van der Waals surface area contributed by atoms with Gasteiger partial charge in [0.2, 0.25) is 5.91 Å². The van der Waals surface area contributed by atoms with Gasteiger partial charge >= 0.3 is 0 Å². The van der Waals surface area contributed by atoms with Crippen molar-refractivity contribution in [3.8, 4) is 0 Å². The van der Waals surface area contributed by atoms with Crippen LogP contribution < -0.4 is 0 Å². The van der Waals surface area contributed by atoms with Gasteiger partial charge in [0.15, 0.2) is 5.79 Å². The predicted octanol–water partition coefficient (Wildman–Crippen LogP) is 0.422. The summed E-state index contributed by atoms with van der Waals surface area (Å²) < 4.78 is 17.1. The third-order valence-corrected chi connectivity index (χ3v) is 6.13. The molecule has 2 atom stereocenters. The van der Waals surface area contributed by atoms with Crippen LogP contribution in [0, 0.1) is 5.92 Å². The minimum atomic E-state index is -0.450. The molecule has 1 amide bonds. The van der Waals surface area contributed by atoms with E-state index < -0.39 is 5.79 Å². The monoisotopic (exact) mass is 352 g/mol. The number of Topliss-reactive ketones (excluding diaryl/α,β-unsaturated/α-hetero) is 1. The van der Waals surface area contributed by atoms with Gasteiger partial charge in [0.25, 0.3) is 0 Å². The third kappa shape index (κ3) is 3.60. The highest BCUT2D eigenvalue weighted by Crippen LogP contribution is 2.32. The molecule has 1 aliphatic carbocycles. The maximum Gasteiger partial charge on any atom is 0.236 e. The van der Waals surface area contributed by atoms with E-state index in [1.165, 1.54) is 0 Å². The number of hydrogen-bond acceptors (Lipinski definition) is 6. The van der Waals surface area contributed by atoms with E-state index in [1.54, 1.807) is 0 Å². The van der Waals surface area contributed by atoms with E-state index in [4.69, 9.17) is 14.2 Å². The summed E-state index contributed by atoms with van der Waals surface area (Å²) in [6, 6.07) is 0.0605. The van der Waals surface area contributed by atoms with Crippen LogP contribution in [0.15, 0.2) is 0 Å². The average molecular weight is 352 g/mol. The van der Waals surface area contributed by atoms with Crippen molar-refractivity contribution in [2.45, 2.75) is 43.9 Å². The number of rotatable bonds is 3. The Hall–Kier alpha value is -1.02. The van der Waals surface area contributed by atoms with Gasteiger partial charge in [-0.3, -0.25) is 14.5 Å². The summed E-state index contributed by atoms with van der Waals surface area (Å²) in [5.74, 6) is 0.0701. The number of hydrogen-bond donors (Lipinski definition) is 0. The van der Waals surface area contributed by atoms with E-state index in [-0.39, 0.29) is 17.9 Å². The lowest BCUT2D eigenvalue weighted by molar-refractivity contribution is -0.188. The number of morpholine rings is 1. The quantitative estimate of drug-likeness (QED) is 0.733. The molecular weight excluding hydrogens is 324 g/mol. The lowest BCUT2D eigenvalue weighted by Crippen LogP contribution is -2.55. The van der Waals surface area contributed by atoms with Gasteiger partial charge in [-0.1, -0.05) is 0 Å². The Morgan fingerprint density at radius 3 is 2.56 bits per heavy atom. The van der Waals surface area contributed by atoms with Crippen LogP contribution in [0.1, 0.15) is 32.1 Å². The Morgan fingerprint density at radius 1 is 1.12 bits per heavy atom. The number of amides is 1. The number of ketones is 1. The number of piperidine rings is 1. The Labute approximate surface area is 148 Å². The van der Waals surface area contributed by atoms with Crippen LogP contribution in [-0.4, -0.2) is 85.9 Å². The van der Waals surface area contributed by atoms with E-state index in [9.17, 15) is 9.59 Å². The number of carbonyl (C=O) groups excluding carboxylic acids is 2. The first-order chi connectivity index (χ1) is 12.2. The minimum Gasteiger partial charge on any atom is -0.378 e. The lowest BCUT2D eigenvalue weighted by Gasteiger charge is -2.41. The molecule has 3 saturated heterocycles. The van der Waals surface area contributed by atoms with Crippen LogP contribution in [0.2, 0.25) is 0 Å². The first kappa shape index (κ1) is 17.4. The number of likely N-dealkylation sites (tertiary alicyclic amines) is 1. The first-order valence-corrected chi connectivity index (χ1v) is 9.57. The van der Waals surface area contributed by atoms with Gasteiger partial charge in [-0.2, -0.15) is 0 Å². The second kappa shape index (κ2) is 7.31. The van der Waals surface area contributed by atoms with E-state index in [0.717, 1.165) is 32.2 Å². The van der Waals surface area contributed by atoms with E-state index in [0.29, 0.717) is 58.3 Å². The number of ether oxygens (including phenoxy) is 3. The van der Waals surface area contributed by atoms with Crippen LogP contribution in [0.25, 0.3) is 0 Å². The molecule has 140 valence electrons. The Bertz CT molecular complexity index is 510. The average Bonchev–Trinajstić information content (AvgIpc) is 3.25. The smallest absolute Gasteiger partial charge is 0.236 e. The maximum atomic E-state index is 12.8. The molecule has 0 N–H and O–H groups in total. The van der Waals surface area contributed by atoms with E-state index in [2.05, 4.69) is 4.90 Å². The third-order valence-electron chi connectivity index (χ3n) is 6.13. The highest BCUT2D eigenvalue weighted by Gasteiger charge is 2.42. The normalized spacial score (nSPS) is 33.3. The summed E-state index contributed by atoms with van der Waals surface area (Å²) in [5.41, 5.74) is 0. The van der Waals surface area contributed by atoms with E-state index >= 15 is 0 Å². The number of carbonyl (C=O) groups is 2. The molecule has 4 fully saturated rings. The first-order valence-electron chi connectivity index (χ1n) is 9.57. The Balaban J connectivity index is 1.33. The molecule has 3 aliphatic heterocycles. The summed E-state index contributed by atoms with van der Waals surface area (Å²) in [6.07, 6.45) is 4.06. The minimum absolute atomic E-state index is 0.0398. The summed E-state index contributed by atoms with van der Waals surface area (Å²) in [4.78, 5) is 29.0. The molecule has 4 rings (SSSR count). The van der Waals surface area contributed by atoms with Gasteiger partial charge in [0.1, 0.15) is 5.78 Å². The molecule has 0 bridgehead atoms. The zero-order chi connectivity index (χ0) is 17.3. The van der Waals surface area contributed by atoms with Gasteiger partial charge in [0, 0.05) is 50.9 Å². The fourth-order valence-electron chi connectivity index (χ4n) is 4.63. The topological polar surface area (TPSA) is 68.3 Å². The van der Waals surface area contributed by atoms with Crippen molar-refractivity contribution in [1.82, 2.24) is 9.80 Å². The second-order valence-corrected chi connectivity index (χ2v) is 7.57. The summed E-state index contributed by atoms with van der Waals surface area (Å²) in [7, 11) is 0. The van der Waals surface area contributed by atoms with Gasteiger partial charge < -0.3 is 19.1 Å². The molecule has 7 nitrogen and oxygen atoms in total. The van der Waals surface area contributed by atoms with Crippen LogP contribution in [-0.2, 0) is 23.8 Å².